The zero-order valence-corrected chi connectivity index (χ0v) is 15.9. The Hall–Kier alpha value is -2.86. The largest absolute Gasteiger partial charge is 0.331 e. The summed E-state index contributed by atoms with van der Waals surface area (Å²) in [4.78, 5) is 29.7. The van der Waals surface area contributed by atoms with Crippen molar-refractivity contribution in [2.45, 2.75) is 17.7 Å². The lowest BCUT2D eigenvalue weighted by Crippen LogP contribution is -2.12. The van der Waals surface area contributed by atoms with Crippen molar-refractivity contribution in [2.24, 2.45) is 7.05 Å². The molecule has 0 aliphatic rings. The third-order valence-electron chi connectivity index (χ3n) is 4.02. The molecule has 138 valence electrons. The number of aryl methyl sites for hydroxylation is 1. The maximum absolute atomic E-state index is 12.4. The molecule has 3 rings (SSSR count). The first-order chi connectivity index (χ1) is 13.1. The van der Waals surface area contributed by atoms with Crippen molar-refractivity contribution in [3.8, 4) is 0 Å². The second kappa shape index (κ2) is 9.19. The van der Waals surface area contributed by atoms with Crippen LogP contribution in [0.2, 0.25) is 0 Å². The van der Waals surface area contributed by atoms with Crippen LogP contribution in [-0.4, -0.2) is 27.0 Å². The molecule has 0 atom stereocenters. The fourth-order valence-corrected chi connectivity index (χ4v) is 3.46. The Morgan fingerprint density at radius 3 is 2.48 bits per heavy atom. The Kier molecular flexibility index (Phi) is 6.44. The highest BCUT2D eigenvalue weighted by molar-refractivity contribution is 7.99. The van der Waals surface area contributed by atoms with E-state index in [1.807, 2.05) is 18.2 Å². The minimum absolute atomic E-state index is 0.0214. The number of aromatic nitrogens is 2. The molecule has 3 aromatic rings. The van der Waals surface area contributed by atoms with Gasteiger partial charge in [-0.3, -0.25) is 9.59 Å². The first-order valence-corrected chi connectivity index (χ1v) is 9.72. The van der Waals surface area contributed by atoms with Gasteiger partial charge < -0.3 is 9.88 Å². The van der Waals surface area contributed by atoms with Crippen molar-refractivity contribution < 1.29 is 9.59 Å². The minimum Gasteiger partial charge on any atom is -0.331 e. The quantitative estimate of drug-likeness (QED) is 0.363. The second-order valence-corrected chi connectivity index (χ2v) is 7.25. The van der Waals surface area contributed by atoms with E-state index in [1.54, 1.807) is 60.0 Å². The van der Waals surface area contributed by atoms with Gasteiger partial charge in [-0.2, -0.15) is 0 Å². The number of rotatable bonds is 8. The van der Waals surface area contributed by atoms with Crippen LogP contribution in [0.25, 0.3) is 0 Å². The molecule has 0 fully saturated rings. The minimum atomic E-state index is -0.140. The van der Waals surface area contributed by atoms with Gasteiger partial charge in [0.25, 0.3) is 0 Å². The lowest BCUT2D eigenvalue weighted by molar-refractivity contribution is -0.116. The summed E-state index contributed by atoms with van der Waals surface area (Å²) in [6.07, 6.45) is 4.60. The van der Waals surface area contributed by atoms with Crippen LogP contribution in [-0.2, 0) is 11.8 Å². The number of ketones is 1. The van der Waals surface area contributed by atoms with Gasteiger partial charge in [0.2, 0.25) is 11.7 Å². The van der Waals surface area contributed by atoms with Gasteiger partial charge >= 0.3 is 0 Å². The Morgan fingerprint density at radius 1 is 1.07 bits per heavy atom. The number of imidazole rings is 1. The second-order valence-electron chi connectivity index (χ2n) is 6.08. The molecule has 0 saturated heterocycles. The van der Waals surface area contributed by atoms with Crippen LogP contribution in [0.4, 0.5) is 5.69 Å². The number of benzene rings is 2. The zero-order chi connectivity index (χ0) is 19.1. The molecular formula is C21H21N3O2S. The average Bonchev–Trinajstić information content (AvgIpc) is 3.12. The fourth-order valence-electron chi connectivity index (χ4n) is 2.58. The monoisotopic (exact) mass is 379 g/mol. The first-order valence-electron chi connectivity index (χ1n) is 8.73. The zero-order valence-electron chi connectivity index (χ0n) is 15.1. The number of carbonyl (C=O) groups excluding carboxylic acids is 2. The van der Waals surface area contributed by atoms with E-state index in [-0.39, 0.29) is 11.7 Å². The molecule has 0 aliphatic heterocycles. The number of amides is 1. The average molecular weight is 379 g/mol. The maximum atomic E-state index is 12.4. The highest BCUT2D eigenvalue weighted by Crippen LogP contribution is 2.19. The Morgan fingerprint density at radius 2 is 1.81 bits per heavy atom. The summed E-state index contributed by atoms with van der Waals surface area (Å²) < 4.78 is 1.69. The molecule has 0 unspecified atom stereocenters. The number of hydrogen-bond acceptors (Lipinski definition) is 4. The van der Waals surface area contributed by atoms with E-state index in [4.69, 9.17) is 0 Å². The summed E-state index contributed by atoms with van der Waals surface area (Å²) in [6.45, 7) is 0. The molecule has 0 saturated carbocycles. The predicted molar refractivity (Wildman–Crippen MR) is 108 cm³/mol. The molecule has 6 heteroatoms. The molecule has 5 nitrogen and oxygen atoms in total. The van der Waals surface area contributed by atoms with Gasteiger partial charge in [-0.1, -0.05) is 18.2 Å². The van der Waals surface area contributed by atoms with Crippen molar-refractivity contribution >= 4 is 29.1 Å². The summed E-state index contributed by atoms with van der Waals surface area (Å²) in [5.74, 6) is 1.13. The van der Waals surface area contributed by atoms with Crippen LogP contribution >= 0.6 is 11.8 Å². The molecule has 2 aromatic carbocycles. The Balaban J connectivity index is 1.46. The predicted octanol–water partition coefficient (Wildman–Crippen LogP) is 4.16. The van der Waals surface area contributed by atoms with E-state index in [9.17, 15) is 9.59 Å². The third kappa shape index (κ3) is 5.31. The van der Waals surface area contributed by atoms with Gasteiger partial charge in [-0.25, -0.2) is 4.98 Å². The van der Waals surface area contributed by atoms with Crippen molar-refractivity contribution in [1.82, 2.24) is 9.55 Å². The van der Waals surface area contributed by atoms with Crippen molar-refractivity contribution in [1.29, 1.82) is 0 Å². The fraction of sp³-hybridized carbons (Fsp3) is 0.190. The van der Waals surface area contributed by atoms with Gasteiger partial charge in [-0.15, -0.1) is 11.8 Å². The van der Waals surface area contributed by atoms with Gasteiger partial charge in [0.1, 0.15) is 0 Å². The number of anilines is 1. The molecule has 1 aromatic heterocycles. The van der Waals surface area contributed by atoms with E-state index in [0.29, 0.717) is 23.5 Å². The molecule has 0 radical (unpaired) electrons. The van der Waals surface area contributed by atoms with Crippen LogP contribution < -0.4 is 5.32 Å². The molecular weight excluding hydrogens is 358 g/mol. The van der Waals surface area contributed by atoms with Gasteiger partial charge in [-0.05, 0) is 48.6 Å². The summed E-state index contributed by atoms with van der Waals surface area (Å²) >= 11 is 1.75. The van der Waals surface area contributed by atoms with Gasteiger partial charge in [0.05, 0.1) is 0 Å². The smallest absolute Gasteiger partial charge is 0.228 e. The lowest BCUT2D eigenvalue weighted by atomic mass is 10.1. The standard InChI is InChI=1S/C21H21N3O2S/c1-24-14-13-22-21(24)20(26)16-9-11-17(12-10-16)23-19(25)8-5-15-27-18-6-3-2-4-7-18/h2-4,6-7,9-14H,5,8,15H2,1H3,(H,23,25). The van der Waals surface area contributed by atoms with Crippen molar-refractivity contribution in [3.63, 3.8) is 0 Å². The summed E-state index contributed by atoms with van der Waals surface area (Å²) in [6, 6.07) is 17.0. The van der Waals surface area contributed by atoms with Gasteiger partial charge in [0.15, 0.2) is 5.82 Å². The normalized spacial score (nSPS) is 10.6. The first kappa shape index (κ1) is 18.9. The number of nitrogens with one attached hydrogen (secondary N) is 1. The van der Waals surface area contributed by atoms with E-state index in [2.05, 4.69) is 22.4 Å². The Bertz CT molecular complexity index is 905. The van der Waals surface area contributed by atoms with E-state index in [1.165, 1.54) is 4.90 Å². The van der Waals surface area contributed by atoms with Gasteiger partial charge in [0, 0.05) is 42.0 Å². The van der Waals surface area contributed by atoms with Crippen LogP contribution in [0.3, 0.4) is 0 Å². The van der Waals surface area contributed by atoms with Crippen LogP contribution in [0.5, 0.6) is 0 Å². The summed E-state index contributed by atoms with van der Waals surface area (Å²) in [5, 5.41) is 2.87. The van der Waals surface area contributed by atoms with Crippen molar-refractivity contribution in [3.05, 3.63) is 78.4 Å². The van der Waals surface area contributed by atoms with E-state index < -0.39 is 0 Å². The van der Waals surface area contributed by atoms with E-state index >= 15 is 0 Å². The lowest BCUT2D eigenvalue weighted by Gasteiger charge is -2.07. The number of nitrogens with zero attached hydrogens (tertiary/aromatic N) is 2. The van der Waals surface area contributed by atoms with E-state index in [0.717, 1.165) is 12.2 Å². The Labute approximate surface area is 162 Å². The van der Waals surface area contributed by atoms with Crippen LogP contribution in [0, 0.1) is 0 Å². The topological polar surface area (TPSA) is 64.0 Å². The molecule has 0 aliphatic carbocycles. The number of carbonyl (C=O) groups is 2. The third-order valence-corrected chi connectivity index (χ3v) is 5.11. The highest BCUT2D eigenvalue weighted by atomic mass is 32.2. The molecule has 1 N–H and O–H groups in total. The molecule has 27 heavy (non-hydrogen) atoms. The van der Waals surface area contributed by atoms with Crippen LogP contribution in [0.15, 0.2) is 71.9 Å². The summed E-state index contributed by atoms with van der Waals surface area (Å²) in [7, 11) is 1.78. The SMILES string of the molecule is Cn1ccnc1C(=O)c1ccc(NC(=O)CCCSc2ccccc2)cc1. The van der Waals surface area contributed by atoms with Crippen molar-refractivity contribution in [2.75, 3.05) is 11.1 Å². The number of hydrogen-bond donors (Lipinski definition) is 1. The molecule has 1 amide bonds. The highest BCUT2D eigenvalue weighted by Gasteiger charge is 2.13. The molecule has 0 bridgehead atoms. The van der Waals surface area contributed by atoms with Crippen LogP contribution in [0.1, 0.15) is 29.0 Å². The molecule has 0 spiro atoms. The molecule has 1 heterocycles. The number of thioether (sulfide) groups is 1. The summed E-state index contributed by atoms with van der Waals surface area (Å²) in [5.41, 5.74) is 1.23. The maximum Gasteiger partial charge on any atom is 0.228 e.